The second-order valence-electron chi connectivity index (χ2n) is 8.96. The monoisotopic (exact) mass is 609 g/mol. The van der Waals surface area contributed by atoms with Gasteiger partial charge in [0, 0.05) is 53.6 Å². The van der Waals surface area contributed by atoms with Crippen LogP contribution in [-0.2, 0) is 32.6 Å². The van der Waals surface area contributed by atoms with Crippen molar-refractivity contribution in [3.05, 3.63) is 99.0 Å². The number of nitrogens with zero attached hydrogens (tertiary/aromatic N) is 2. The Morgan fingerprint density at radius 2 is 1.51 bits per heavy atom. The lowest BCUT2D eigenvalue weighted by Gasteiger charge is -2.32. The Labute approximate surface area is 244 Å². The van der Waals surface area contributed by atoms with Gasteiger partial charge < -0.3 is 10.2 Å². The molecule has 7 nitrogen and oxygen atoms in total. The summed E-state index contributed by atoms with van der Waals surface area (Å²) in [5, 5.41) is 3.89. The Morgan fingerprint density at radius 3 is 2.08 bits per heavy atom. The maximum absolute atomic E-state index is 13.7. The second-order valence-corrected chi connectivity index (χ2v) is 12.1. The van der Waals surface area contributed by atoms with Gasteiger partial charge in [0.2, 0.25) is 21.8 Å². The average Bonchev–Trinajstić information content (AvgIpc) is 2.90. The maximum atomic E-state index is 13.7. The largest absolute Gasteiger partial charge is 0.357 e. The molecule has 0 aliphatic carbocycles. The van der Waals surface area contributed by atoms with E-state index in [0.29, 0.717) is 26.3 Å². The van der Waals surface area contributed by atoms with E-state index in [1.807, 2.05) is 30.3 Å². The lowest BCUT2D eigenvalue weighted by Crippen LogP contribution is -2.50. The molecular weight excluding hydrogens is 581 g/mol. The van der Waals surface area contributed by atoms with Crippen molar-refractivity contribution in [1.29, 1.82) is 0 Å². The Morgan fingerprint density at radius 1 is 0.897 bits per heavy atom. The van der Waals surface area contributed by atoms with Crippen LogP contribution in [0.15, 0.2) is 72.8 Å². The highest BCUT2D eigenvalue weighted by Gasteiger charge is 2.31. The van der Waals surface area contributed by atoms with Gasteiger partial charge in [0.25, 0.3) is 0 Å². The third-order valence-corrected chi connectivity index (χ3v) is 8.33. The summed E-state index contributed by atoms with van der Waals surface area (Å²) in [5.74, 6) is -0.672. The molecule has 0 heterocycles. The van der Waals surface area contributed by atoms with E-state index in [1.54, 1.807) is 42.5 Å². The topological polar surface area (TPSA) is 86.8 Å². The summed E-state index contributed by atoms with van der Waals surface area (Å²) < 4.78 is 26.2. The number of hydrogen-bond donors (Lipinski definition) is 1. The van der Waals surface area contributed by atoms with Gasteiger partial charge in [-0.05, 0) is 48.4 Å². The van der Waals surface area contributed by atoms with Crippen LogP contribution in [0.25, 0.3) is 0 Å². The molecule has 0 aliphatic rings. The minimum Gasteiger partial charge on any atom is -0.357 e. The van der Waals surface area contributed by atoms with Crippen LogP contribution < -0.4 is 9.62 Å². The zero-order valence-electron chi connectivity index (χ0n) is 21.6. The second kappa shape index (κ2) is 14.0. The number of rotatable bonds is 12. The molecular formula is C28H30Cl3N3O4S. The molecule has 0 aromatic heterocycles. The minimum absolute atomic E-state index is 0.00916. The number of carbonyl (C=O) groups is 2. The van der Waals surface area contributed by atoms with Gasteiger partial charge in [-0.15, -0.1) is 0 Å². The summed E-state index contributed by atoms with van der Waals surface area (Å²) in [4.78, 5) is 28.3. The molecule has 3 rings (SSSR count). The van der Waals surface area contributed by atoms with Gasteiger partial charge in [-0.1, -0.05) is 71.2 Å². The Balaban J connectivity index is 1.88. The van der Waals surface area contributed by atoms with E-state index in [4.69, 9.17) is 34.8 Å². The van der Waals surface area contributed by atoms with Crippen molar-refractivity contribution in [2.24, 2.45) is 0 Å². The van der Waals surface area contributed by atoms with E-state index in [0.717, 1.165) is 11.8 Å². The highest BCUT2D eigenvalue weighted by Crippen LogP contribution is 2.28. The Hall–Kier alpha value is -2.78. The van der Waals surface area contributed by atoms with Crippen LogP contribution in [0.3, 0.4) is 0 Å². The van der Waals surface area contributed by atoms with Crippen LogP contribution in [0.4, 0.5) is 5.69 Å². The minimum atomic E-state index is -3.62. The normalized spacial score (nSPS) is 12.0. The third-order valence-electron chi connectivity index (χ3n) is 6.17. The number of nitrogens with one attached hydrogen (secondary N) is 1. The zero-order valence-corrected chi connectivity index (χ0v) is 24.7. The number of amides is 2. The summed E-state index contributed by atoms with van der Waals surface area (Å²) >= 11 is 18.8. The smallest absolute Gasteiger partial charge is 0.242 e. The number of anilines is 1. The van der Waals surface area contributed by atoms with E-state index in [9.17, 15) is 18.0 Å². The van der Waals surface area contributed by atoms with Crippen LogP contribution in [0, 0.1) is 0 Å². The molecule has 39 heavy (non-hydrogen) atoms. The predicted octanol–water partition coefficient (Wildman–Crippen LogP) is 5.58. The summed E-state index contributed by atoms with van der Waals surface area (Å²) in [6.45, 7) is 0.0749. The standard InChI is InChI=1S/C28H30Cl3N3O4S/c1-32-28(36)26(18-20-8-4-3-5-9-20)33(19-23-24(30)10-6-11-25(23)31)27(35)12-7-17-34(39(2,37)38)22-15-13-21(29)14-16-22/h3-6,8-11,13-16,26H,7,12,17-19H2,1-2H3,(H,32,36)/t26-/m0/s1. The van der Waals surface area contributed by atoms with Gasteiger partial charge in [0.05, 0.1) is 11.9 Å². The molecule has 0 unspecified atom stereocenters. The van der Waals surface area contributed by atoms with Crippen molar-refractivity contribution >= 4 is 62.3 Å². The molecule has 3 aromatic carbocycles. The van der Waals surface area contributed by atoms with E-state index in [1.165, 1.54) is 16.3 Å². The van der Waals surface area contributed by atoms with E-state index in [2.05, 4.69) is 5.32 Å². The zero-order chi connectivity index (χ0) is 28.6. The van der Waals surface area contributed by atoms with Crippen LogP contribution >= 0.6 is 34.8 Å². The molecule has 11 heteroatoms. The predicted molar refractivity (Wildman–Crippen MR) is 158 cm³/mol. The summed E-state index contributed by atoms with van der Waals surface area (Å²) in [7, 11) is -2.10. The quantitative estimate of drug-likeness (QED) is 0.290. The highest BCUT2D eigenvalue weighted by molar-refractivity contribution is 7.92. The van der Waals surface area contributed by atoms with Gasteiger partial charge in [-0.3, -0.25) is 13.9 Å². The first-order chi connectivity index (χ1) is 18.5. The molecule has 2 amide bonds. The molecule has 1 atom stereocenters. The SMILES string of the molecule is CNC(=O)[C@H](Cc1ccccc1)N(Cc1c(Cl)cccc1Cl)C(=O)CCCN(c1ccc(Cl)cc1)S(C)(=O)=O. The number of carbonyl (C=O) groups excluding carboxylic acids is 2. The molecule has 0 fully saturated rings. The van der Waals surface area contributed by atoms with Crippen molar-refractivity contribution < 1.29 is 18.0 Å². The van der Waals surface area contributed by atoms with Gasteiger partial charge in [0.15, 0.2) is 0 Å². The lowest BCUT2D eigenvalue weighted by molar-refractivity contribution is -0.141. The van der Waals surface area contributed by atoms with Crippen molar-refractivity contribution in [1.82, 2.24) is 10.2 Å². The lowest BCUT2D eigenvalue weighted by atomic mass is 10.0. The molecule has 3 aromatic rings. The number of halogens is 3. The molecule has 0 saturated carbocycles. The van der Waals surface area contributed by atoms with Gasteiger partial charge in [-0.2, -0.15) is 0 Å². The van der Waals surface area contributed by atoms with Gasteiger partial charge >= 0.3 is 0 Å². The first-order valence-electron chi connectivity index (χ1n) is 12.2. The summed E-state index contributed by atoms with van der Waals surface area (Å²) in [6.07, 6.45) is 1.59. The Kier molecular flexibility index (Phi) is 11.1. The molecule has 0 aliphatic heterocycles. The van der Waals surface area contributed by atoms with Crippen molar-refractivity contribution in [2.45, 2.75) is 31.8 Å². The molecule has 0 radical (unpaired) electrons. The van der Waals surface area contributed by atoms with E-state index < -0.39 is 16.1 Å². The third kappa shape index (κ3) is 8.60. The first kappa shape index (κ1) is 30.8. The molecule has 0 saturated heterocycles. The van der Waals surface area contributed by atoms with Crippen LogP contribution in [0.1, 0.15) is 24.0 Å². The van der Waals surface area contributed by atoms with E-state index >= 15 is 0 Å². The van der Waals surface area contributed by atoms with Crippen molar-refractivity contribution in [3.8, 4) is 0 Å². The maximum Gasteiger partial charge on any atom is 0.242 e. The first-order valence-corrected chi connectivity index (χ1v) is 15.2. The van der Waals surface area contributed by atoms with Crippen molar-refractivity contribution in [3.63, 3.8) is 0 Å². The van der Waals surface area contributed by atoms with Crippen molar-refractivity contribution in [2.75, 3.05) is 24.2 Å². The fourth-order valence-electron chi connectivity index (χ4n) is 4.19. The molecule has 1 N–H and O–H groups in total. The van der Waals surface area contributed by atoms with E-state index in [-0.39, 0.29) is 44.2 Å². The summed E-state index contributed by atoms with van der Waals surface area (Å²) in [5.41, 5.74) is 1.84. The number of sulfonamides is 1. The fraction of sp³-hybridized carbons (Fsp3) is 0.286. The van der Waals surface area contributed by atoms with Crippen LogP contribution in [0.2, 0.25) is 15.1 Å². The summed E-state index contributed by atoms with van der Waals surface area (Å²) in [6, 6.07) is 20.0. The average molecular weight is 611 g/mol. The number of benzene rings is 3. The number of hydrogen-bond acceptors (Lipinski definition) is 4. The van der Waals surface area contributed by atoms with Gasteiger partial charge in [-0.25, -0.2) is 8.42 Å². The van der Waals surface area contributed by atoms with Crippen LogP contribution in [0.5, 0.6) is 0 Å². The fourth-order valence-corrected chi connectivity index (χ4v) is 5.79. The van der Waals surface area contributed by atoms with Gasteiger partial charge in [0.1, 0.15) is 6.04 Å². The highest BCUT2D eigenvalue weighted by atomic mass is 35.5. The molecule has 0 bridgehead atoms. The molecule has 208 valence electrons. The number of likely N-dealkylation sites (N-methyl/N-ethyl adjacent to an activating group) is 1. The van der Waals surface area contributed by atoms with Crippen LogP contribution in [-0.4, -0.2) is 51.0 Å². The molecule has 0 spiro atoms. The Bertz CT molecular complexity index is 1370.